The molecule has 0 saturated carbocycles. The van der Waals surface area contributed by atoms with Gasteiger partial charge in [-0.2, -0.15) is 0 Å². The molecule has 1 aromatic carbocycles. The van der Waals surface area contributed by atoms with Crippen LogP contribution >= 0.6 is 23.2 Å². The average molecular weight is 233 g/mol. The van der Waals surface area contributed by atoms with Crippen molar-refractivity contribution in [2.45, 2.75) is 4.59 Å². The maximum atomic E-state index is 12.7. The summed E-state index contributed by atoms with van der Waals surface area (Å²) >= 11 is 9.72. The van der Waals surface area contributed by atoms with Crippen LogP contribution in [0.2, 0.25) is 0 Å². The lowest BCUT2D eigenvalue weighted by Crippen LogP contribution is -2.07. The minimum atomic E-state index is -3.07. The van der Waals surface area contributed by atoms with Crippen molar-refractivity contribution in [2.75, 3.05) is 0 Å². The molecule has 0 aliphatic heterocycles. The van der Waals surface area contributed by atoms with Crippen LogP contribution < -0.4 is 0 Å². The minimum Gasteiger partial charge on any atom is -0.204 e. The summed E-state index contributed by atoms with van der Waals surface area (Å²) in [6.45, 7) is 0. The van der Waals surface area contributed by atoms with Crippen molar-refractivity contribution >= 4 is 23.2 Å². The Bertz CT molecular complexity index is 332. The lowest BCUT2D eigenvalue weighted by Gasteiger charge is -2.10. The second-order valence-corrected chi connectivity index (χ2v) is 3.46. The van der Waals surface area contributed by atoms with Gasteiger partial charge in [0, 0.05) is 0 Å². The Labute approximate surface area is 81.1 Å². The van der Waals surface area contributed by atoms with E-state index in [2.05, 4.69) is 0 Å². The van der Waals surface area contributed by atoms with E-state index < -0.39 is 27.6 Å². The van der Waals surface area contributed by atoms with Crippen LogP contribution in [0, 0.1) is 17.5 Å². The fourth-order valence-corrected chi connectivity index (χ4v) is 1.04. The maximum absolute atomic E-state index is 12.7. The zero-order valence-corrected chi connectivity index (χ0v) is 7.43. The van der Waals surface area contributed by atoms with Gasteiger partial charge in [-0.3, -0.25) is 0 Å². The van der Waals surface area contributed by atoms with Gasteiger partial charge in [0.2, 0.25) is 0 Å². The van der Waals surface area contributed by atoms with Crippen LogP contribution in [0.1, 0.15) is 5.56 Å². The monoisotopic (exact) mass is 232 g/mol. The van der Waals surface area contributed by atoms with Crippen LogP contribution in [0.4, 0.5) is 17.6 Å². The number of alkyl halides is 3. The van der Waals surface area contributed by atoms with Gasteiger partial charge in [0.1, 0.15) is 0 Å². The zero-order chi connectivity index (χ0) is 10.2. The second kappa shape index (κ2) is 3.35. The largest absolute Gasteiger partial charge is 0.286 e. The molecule has 0 aliphatic rings. The van der Waals surface area contributed by atoms with Crippen molar-refractivity contribution < 1.29 is 17.6 Å². The molecule has 0 aliphatic carbocycles. The lowest BCUT2D eigenvalue weighted by molar-refractivity contribution is 0.371. The Morgan fingerprint density at radius 1 is 1.00 bits per heavy atom. The fraction of sp³-hybridized carbons (Fsp3) is 0.143. The third-order valence-electron chi connectivity index (χ3n) is 1.34. The zero-order valence-electron chi connectivity index (χ0n) is 5.92. The van der Waals surface area contributed by atoms with E-state index in [1.165, 1.54) is 0 Å². The first-order valence-electron chi connectivity index (χ1n) is 3.04. The molecule has 1 rings (SSSR count). The number of benzene rings is 1. The molecule has 0 fully saturated rings. The van der Waals surface area contributed by atoms with Gasteiger partial charge in [-0.15, -0.1) is 0 Å². The molecule has 0 heterocycles. The highest BCUT2D eigenvalue weighted by Gasteiger charge is 2.31. The Morgan fingerprint density at radius 2 is 1.54 bits per heavy atom. The Kier molecular flexibility index (Phi) is 2.73. The molecule has 0 unspecified atom stereocenters. The van der Waals surface area contributed by atoms with Gasteiger partial charge < -0.3 is 0 Å². The molecule has 72 valence electrons. The van der Waals surface area contributed by atoms with E-state index in [1.807, 2.05) is 0 Å². The molecule has 1 aromatic rings. The molecule has 0 N–H and O–H groups in total. The summed E-state index contributed by atoms with van der Waals surface area (Å²) < 4.78 is 47.2. The number of hydrogen-bond acceptors (Lipinski definition) is 0. The van der Waals surface area contributed by atoms with E-state index in [4.69, 9.17) is 23.2 Å². The summed E-state index contributed by atoms with van der Waals surface area (Å²) in [7, 11) is 0. The van der Waals surface area contributed by atoms with Crippen molar-refractivity contribution in [2.24, 2.45) is 0 Å². The highest BCUT2D eigenvalue weighted by Crippen LogP contribution is 2.37. The van der Waals surface area contributed by atoms with Gasteiger partial charge in [-0.25, -0.2) is 17.6 Å². The van der Waals surface area contributed by atoms with Crippen molar-refractivity contribution in [1.29, 1.82) is 0 Å². The van der Waals surface area contributed by atoms with E-state index in [1.54, 1.807) is 0 Å². The normalized spacial score (nSPS) is 11.8. The molecule has 0 aromatic heterocycles. The first-order valence-corrected chi connectivity index (χ1v) is 3.80. The molecule has 0 saturated heterocycles. The molecule has 0 spiro atoms. The fourth-order valence-electron chi connectivity index (χ4n) is 0.745. The van der Waals surface area contributed by atoms with Crippen LogP contribution in [0.5, 0.6) is 0 Å². The van der Waals surface area contributed by atoms with E-state index in [-0.39, 0.29) is 0 Å². The molecular weight excluding hydrogens is 231 g/mol. The van der Waals surface area contributed by atoms with Crippen LogP contribution in [-0.4, -0.2) is 0 Å². The Hall–Kier alpha value is -0.480. The standard InChI is InChI=1S/C7H2Cl2F4/c8-7(9,13)3-1-2-4(10)6(12)5(3)11/h1-2H. The number of halogens is 6. The van der Waals surface area contributed by atoms with Crippen molar-refractivity contribution in [3.05, 3.63) is 35.1 Å². The second-order valence-electron chi connectivity index (χ2n) is 2.22. The predicted octanol–water partition coefficient (Wildman–Crippen LogP) is 3.66. The summed E-state index contributed by atoms with van der Waals surface area (Å²) in [5, 5.41) is 0. The lowest BCUT2D eigenvalue weighted by atomic mass is 10.2. The van der Waals surface area contributed by atoms with Crippen LogP contribution in [0.3, 0.4) is 0 Å². The van der Waals surface area contributed by atoms with E-state index in [0.29, 0.717) is 12.1 Å². The smallest absolute Gasteiger partial charge is 0.204 e. The molecular formula is C7H2Cl2F4. The van der Waals surface area contributed by atoms with Crippen molar-refractivity contribution in [3.63, 3.8) is 0 Å². The van der Waals surface area contributed by atoms with Gasteiger partial charge in [0.05, 0.1) is 5.56 Å². The van der Waals surface area contributed by atoms with Gasteiger partial charge in [0.25, 0.3) is 4.59 Å². The number of hydrogen-bond donors (Lipinski definition) is 0. The first-order chi connectivity index (χ1) is 5.84. The van der Waals surface area contributed by atoms with Crippen LogP contribution in [-0.2, 0) is 4.59 Å². The maximum Gasteiger partial charge on any atom is 0.286 e. The quantitative estimate of drug-likeness (QED) is 0.394. The van der Waals surface area contributed by atoms with Gasteiger partial charge in [0.15, 0.2) is 17.5 Å². The first kappa shape index (κ1) is 10.6. The molecule has 0 bridgehead atoms. The van der Waals surface area contributed by atoms with E-state index >= 15 is 0 Å². The molecule has 0 amide bonds. The average Bonchev–Trinajstić information content (AvgIpc) is 1.98. The molecule has 0 radical (unpaired) electrons. The summed E-state index contributed by atoms with van der Waals surface area (Å²) in [5.41, 5.74) is -0.949. The summed E-state index contributed by atoms with van der Waals surface area (Å²) in [6, 6.07) is 1.17. The molecule has 0 nitrogen and oxygen atoms in total. The highest BCUT2D eigenvalue weighted by molar-refractivity contribution is 6.46. The van der Waals surface area contributed by atoms with Crippen molar-refractivity contribution in [3.8, 4) is 0 Å². The van der Waals surface area contributed by atoms with Gasteiger partial charge >= 0.3 is 0 Å². The summed E-state index contributed by atoms with van der Waals surface area (Å²) in [4.78, 5) is 0. The molecule has 6 heteroatoms. The molecule has 13 heavy (non-hydrogen) atoms. The summed E-state index contributed by atoms with van der Waals surface area (Å²) in [6.07, 6.45) is 0. The van der Waals surface area contributed by atoms with Gasteiger partial charge in [-0.05, 0) is 12.1 Å². The minimum absolute atomic E-state index is 0.535. The SMILES string of the molecule is Fc1ccc(C(F)(Cl)Cl)c(F)c1F. The van der Waals surface area contributed by atoms with E-state index in [9.17, 15) is 17.6 Å². The van der Waals surface area contributed by atoms with Crippen LogP contribution in [0.25, 0.3) is 0 Å². The van der Waals surface area contributed by atoms with Gasteiger partial charge in [-0.1, -0.05) is 23.2 Å². The molecule has 0 atom stereocenters. The number of rotatable bonds is 1. The van der Waals surface area contributed by atoms with E-state index in [0.717, 1.165) is 0 Å². The third kappa shape index (κ3) is 2.06. The predicted molar refractivity (Wildman–Crippen MR) is 40.8 cm³/mol. The topological polar surface area (TPSA) is 0 Å². The highest BCUT2D eigenvalue weighted by atomic mass is 35.5. The van der Waals surface area contributed by atoms with Crippen molar-refractivity contribution in [1.82, 2.24) is 0 Å². The third-order valence-corrected chi connectivity index (χ3v) is 1.75. The Morgan fingerprint density at radius 3 is 2.00 bits per heavy atom. The van der Waals surface area contributed by atoms with Crippen LogP contribution in [0.15, 0.2) is 12.1 Å². The Balaban J connectivity index is 3.35. The summed E-state index contributed by atoms with van der Waals surface area (Å²) in [5.74, 6) is -4.97.